The summed E-state index contributed by atoms with van der Waals surface area (Å²) in [6.45, 7) is 2.37. The summed E-state index contributed by atoms with van der Waals surface area (Å²) in [5.74, 6) is -1.57. The number of aromatic amines is 1. The first-order valence-corrected chi connectivity index (χ1v) is 10.5. The quantitative estimate of drug-likeness (QED) is 0.325. The van der Waals surface area contributed by atoms with Gasteiger partial charge in [-0.2, -0.15) is 5.10 Å². The van der Waals surface area contributed by atoms with Crippen LogP contribution in [0.1, 0.15) is 6.92 Å². The van der Waals surface area contributed by atoms with Gasteiger partial charge in [-0.25, -0.2) is 13.8 Å². The highest BCUT2D eigenvalue weighted by Crippen LogP contribution is 2.23. The topological polar surface area (TPSA) is 102 Å². The number of carbonyl (C=O) groups is 1. The average Bonchev–Trinajstić information content (AvgIpc) is 3.25. The molecule has 4 rings (SSSR count). The Morgan fingerprint density at radius 3 is 2.75 bits per heavy atom. The van der Waals surface area contributed by atoms with Crippen LogP contribution in [-0.2, 0) is 4.79 Å². The van der Waals surface area contributed by atoms with Crippen LogP contribution >= 0.6 is 11.8 Å². The summed E-state index contributed by atoms with van der Waals surface area (Å²) in [7, 11) is 0. The van der Waals surface area contributed by atoms with Crippen LogP contribution in [0.3, 0.4) is 0 Å². The zero-order chi connectivity index (χ0) is 22.7. The molecule has 0 saturated carbocycles. The first kappa shape index (κ1) is 21.5. The molecule has 0 radical (unpaired) electrons. The van der Waals surface area contributed by atoms with Gasteiger partial charge in [-0.15, -0.1) is 0 Å². The van der Waals surface area contributed by atoms with E-state index in [1.54, 1.807) is 24.3 Å². The van der Waals surface area contributed by atoms with Crippen LogP contribution < -0.4 is 15.6 Å². The molecule has 1 amide bonds. The monoisotopic (exact) mass is 457 g/mol. The number of fused-ring (bicyclic) bond motifs is 1. The lowest BCUT2D eigenvalue weighted by Crippen LogP contribution is -2.22. The third-order valence-electron chi connectivity index (χ3n) is 4.39. The predicted molar refractivity (Wildman–Crippen MR) is 116 cm³/mol. The molecule has 0 aliphatic carbocycles. The first-order chi connectivity index (χ1) is 15.5. The number of hydrogen-bond acceptors (Lipinski definition) is 6. The van der Waals surface area contributed by atoms with Gasteiger partial charge in [0.1, 0.15) is 22.8 Å². The SMILES string of the molecule is CCOc1ccc(-n2c(SCC(=O)Nc3cc(F)ccc3F)nc3[nH]ncc3c2=O)cc1. The summed E-state index contributed by atoms with van der Waals surface area (Å²) in [6.07, 6.45) is 1.38. The van der Waals surface area contributed by atoms with Crippen molar-refractivity contribution in [2.75, 3.05) is 17.7 Å². The predicted octanol–water partition coefficient (Wildman–Crippen LogP) is 3.52. The molecule has 2 aromatic heterocycles. The minimum Gasteiger partial charge on any atom is -0.494 e. The number of benzene rings is 2. The van der Waals surface area contributed by atoms with Crippen molar-refractivity contribution < 1.29 is 18.3 Å². The number of H-pyrrole nitrogens is 1. The molecule has 0 spiro atoms. The van der Waals surface area contributed by atoms with E-state index in [0.29, 0.717) is 18.0 Å². The number of halogens is 2. The van der Waals surface area contributed by atoms with E-state index in [0.717, 1.165) is 30.0 Å². The summed E-state index contributed by atoms with van der Waals surface area (Å²) in [6, 6.07) is 9.62. The van der Waals surface area contributed by atoms with E-state index in [1.807, 2.05) is 6.92 Å². The maximum atomic E-state index is 13.8. The fourth-order valence-corrected chi connectivity index (χ4v) is 3.77. The van der Waals surface area contributed by atoms with Crippen LogP contribution in [0, 0.1) is 11.6 Å². The Morgan fingerprint density at radius 2 is 2.00 bits per heavy atom. The van der Waals surface area contributed by atoms with E-state index in [4.69, 9.17) is 4.74 Å². The molecule has 0 saturated heterocycles. The number of hydrogen-bond donors (Lipinski definition) is 2. The van der Waals surface area contributed by atoms with Gasteiger partial charge in [-0.3, -0.25) is 19.3 Å². The molecule has 0 aliphatic rings. The van der Waals surface area contributed by atoms with E-state index in [2.05, 4.69) is 20.5 Å². The summed E-state index contributed by atoms with van der Waals surface area (Å²) < 4.78 is 33.9. The number of thioether (sulfide) groups is 1. The minimum atomic E-state index is -0.756. The first-order valence-electron chi connectivity index (χ1n) is 9.53. The molecule has 11 heteroatoms. The number of amides is 1. The second kappa shape index (κ2) is 9.18. The summed E-state index contributed by atoms with van der Waals surface area (Å²) >= 11 is 0.971. The Labute approximate surface area is 184 Å². The number of anilines is 1. The zero-order valence-electron chi connectivity index (χ0n) is 16.8. The normalized spacial score (nSPS) is 11.0. The standard InChI is InChI=1S/C21H17F2N5O3S/c1-2-31-14-6-4-13(5-7-14)28-20(30)15-10-24-27-19(15)26-21(28)32-11-18(29)25-17-9-12(22)3-8-16(17)23/h3-10H,2,11H2,1H3,(H,24,27)(H,25,29). The Kier molecular flexibility index (Phi) is 6.17. The Balaban J connectivity index is 1.63. The van der Waals surface area contributed by atoms with Crippen LogP contribution in [0.25, 0.3) is 16.7 Å². The van der Waals surface area contributed by atoms with Crippen LogP contribution in [-0.4, -0.2) is 38.0 Å². The number of aromatic nitrogens is 4. The number of rotatable bonds is 7. The Bertz CT molecular complexity index is 1340. The zero-order valence-corrected chi connectivity index (χ0v) is 17.6. The van der Waals surface area contributed by atoms with Crippen molar-refractivity contribution in [2.24, 2.45) is 0 Å². The number of ether oxygens (including phenoxy) is 1. The molecule has 0 atom stereocenters. The van der Waals surface area contributed by atoms with Crippen molar-refractivity contribution in [2.45, 2.75) is 12.1 Å². The molecule has 0 unspecified atom stereocenters. The maximum Gasteiger partial charge on any atom is 0.269 e. The fraction of sp³-hybridized carbons (Fsp3) is 0.143. The molecule has 2 N–H and O–H groups in total. The van der Waals surface area contributed by atoms with Crippen molar-refractivity contribution >= 4 is 34.4 Å². The highest BCUT2D eigenvalue weighted by Gasteiger charge is 2.17. The second-order valence-corrected chi connectivity index (χ2v) is 7.50. The van der Waals surface area contributed by atoms with Crippen molar-refractivity contribution in [3.63, 3.8) is 0 Å². The Morgan fingerprint density at radius 1 is 1.22 bits per heavy atom. The van der Waals surface area contributed by atoms with Gasteiger partial charge < -0.3 is 10.1 Å². The van der Waals surface area contributed by atoms with Crippen molar-refractivity contribution in [3.05, 3.63) is 70.6 Å². The third kappa shape index (κ3) is 4.47. The van der Waals surface area contributed by atoms with Gasteiger partial charge in [0, 0.05) is 6.07 Å². The van der Waals surface area contributed by atoms with Gasteiger partial charge in [0.05, 0.1) is 29.9 Å². The molecule has 8 nitrogen and oxygen atoms in total. The number of nitrogens with zero attached hydrogens (tertiary/aromatic N) is 3. The van der Waals surface area contributed by atoms with Crippen molar-refractivity contribution in [3.8, 4) is 11.4 Å². The fourth-order valence-electron chi connectivity index (χ4n) is 2.97. The summed E-state index contributed by atoms with van der Waals surface area (Å²) in [4.78, 5) is 29.8. The van der Waals surface area contributed by atoms with Gasteiger partial charge in [-0.05, 0) is 43.3 Å². The van der Waals surface area contributed by atoms with E-state index >= 15 is 0 Å². The highest BCUT2D eigenvalue weighted by molar-refractivity contribution is 7.99. The summed E-state index contributed by atoms with van der Waals surface area (Å²) in [5.41, 5.74) is 0.160. The Hall–Kier alpha value is -3.73. The number of carbonyl (C=O) groups excluding carboxylic acids is 1. The van der Waals surface area contributed by atoms with E-state index in [9.17, 15) is 18.4 Å². The lowest BCUT2D eigenvalue weighted by Gasteiger charge is -2.13. The maximum absolute atomic E-state index is 13.8. The molecular formula is C21H17F2N5O3S. The minimum absolute atomic E-state index is 0.195. The lowest BCUT2D eigenvalue weighted by molar-refractivity contribution is -0.113. The largest absolute Gasteiger partial charge is 0.494 e. The average molecular weight is 457 g/mol. The van der Waals surface area contributed by atoms with Crippen molar-refractivity contribution in [1.82, 2.24) is 19.7 Å². The van der Waals surface area contributed by atoms with Crippen LogP contribution in [0.5, 0.6) is 5.75 Å². The molecule has 4 aromatic rings. The highest BCUT2D eigenvalue weighted by atomic mass is 32.2. The lowest BCUT2D eigenvalue weighted by atomic mass is 10.3. The van der Waals surface area contributed by atoms with Crippen LogP contribution in [0.2, 0.25) is 0 Å². The molecule has 0 bridgehead atoms. The summed E-state index contributed by atoms with van der Waals surface area (Å²) in [5, 5.41) is 9.34. The molecular weight excluding hydrogens is 440 g/mol. The van der Waals surface area contributed by atoms with Gasteiger partial charge in [0.15, 0.2) is 10.8 Å². The van der Waals surface area contributed by atoms with E-state index in [-0.39, 0.29) is 33.2 Å². The van der Waals surface area contributed by atoms with Gasteiger partial charge >= 0.3 is 0 Å². The molecule has 164 valence electrons. The molecule has 32 heavy (non-hydrogen) atoms. The molecule has 2 aromatic carbocycles. The van der Waals surface area contributed by atoms with E-state index < -0.39 is 17.5 Å². The van der Waals surface area contributed by atoms with Crippen molar-refractivity contribution in [1.29, 1.82) is 0 Å². The van der Waals surface area contributed by atoms with Crippen LogP contribution in [0.15, 0.2) is 58.6 Å². The number of nitrogens with one attached hydrogen (secondary N) is 2. The molecule has 2 heterocycles. The van der Waals surface area contributed by atoms with Gasteiger partial charge in [-0.1, -0.05) is 11.8 Å². The molecule has 0 aliphatic heterocycles. The second-order valence-electron chi connectivity index (χ2n) is 6.56. The smallest absolute Gasteiger partial charge is 0.269 e. The molecule has 0 fully saturated rings. The van der Waals surface area contributed by atoms with Gasteiger partial charge in [0.2, 0.25) is 5.91 Å². The van der Waals surface area contributed by atoms with E-state index in [1.165, 1.54) is 10.8 Å². The third-order valence-corrected chi connectivity index (χ3v) is 5.33. The van der Waals surface area contributed by atoms with Crippen LogP contribution in [0.4, 0.5) is 14.5 Å². The van der Waals surface area contributed by atoms with Gasteiger partial charge in [0.25, 0.3) is 5.56 Å².